The van der Waals surface area contributed by atoms with E-state index in [1.807, 2.05) is 60.7 Å². The molecule has 0 aliphatic heterocycles. The van der Waals surface area contributed by atoms with E-state index in [4.69, 9.17) is 0 Å². The zero-order valence-electron chi connectivity index (χ0n) is 9.84. The number of hydrogen-bond acceptors (Lipinski definition) is 0. The Morgan fingerprint density at radius 3 is 1.00 bits per heavy atom. The molecule has 0 saturated heterocycles. The molecule has 0 amide bonds. The second-order valence-electron chi connectivity index (χ2n) is 3.02. The summed E-state index contributed by atoms with van der Waals surface area (Å²) in [7, 11) is 0. The predicted molar refractivity (Wildman–Crippen MR) is 95.1 cm³/mol. The van der Waals surface area contributed by atoms with Gasteiger partial charge in [-0.15, -0.1) is 24.3 Å². The fraction of sp³-hybridized carbons (Fsp3) is 0. The Labute approximate surface area is 140 Å². The number of rotatable bonds is 0. The SMILES string of the molecule is [CH2-]c1ccccc1.[CH2-]c1ccccc1.[I][Pt][I].[NH2-]. The third-order valence-electron chi connectivity index (χ3n) is 1.69. The van der Waals surface area contributed by atoms with E-state index in [0.717, 1.165) is 11.1 Å². The zero-order chi connectivity index (χ0) is 12.9. The number of benzene rings is 2. The fourth-order valence-corrected chi connectivity index (χ4v) is 0.956. The van der Waals surface area contributed by atoms with Gasteiger partial charge in [-0.25, -0.2) is 0 Å². The molecule has 0 aliphatic rings. The molecule has 18 heavy (non-hydrogen) atoms. The number of nitrogens with two attached hydrogens (primary N) is 1. The Morgan fingerprint density at radius 1 is 0.667 bits per heavy atom. The maximum Gasteiger partial charge on any atom is -0.693 e. The molecule has 0 spiro atoms. The molecule has 0 fully saturated rings. The first-order chi connectivity index (χ1) is 8.20. The summed E-state index contributed by atoms with van der Waals surface area (Å²) in [4.78, 5) is 0. The van der Waals surface area contributed by atoms with Gasteiger partial charge in [0.05, 0.1) is 0 Å². The maximum atomic E-state index is 3.72. The first-order valence-corrected chi connectivity index (χ1v) is 17.7. The van der Waals surface area contributed by atoms with Crippen LogP contribution in [-0.2, 0) is 11.2 Å². The second-order valence-corrected chi connectivity index (χ2v) is 19.6. The first-order valence-electron chi connectivity index (χ1n) is 4.77. The molecule has 2 N–H and O–H groups in total. The van der Waals surface area contributed by atoms with Crippen LogP contribution in [0.4, 0.5) is 0 Å². The molecular formula is C14H16I2NPt-3. The summed E-state index contributed by atoms with van der Waals surface area (Å²) >= 11 is 5.30. The molecule has 0 saturated carbocycles. The van der Waals surface area contributed by atoms with Crippen LogP contribution in [0.15, 0.2) is 60.7 Å². The molecule has 0 unspecified atom stereocenters. The molecule has 2 rings (SSSR count). The summed E-state index contributed by atoms with van der Waals surface area (Å²) in [6.07, 6.45) is 0. The van der Waals surface area contributed by atoms with Crippen molar-refractivity contribution in [2.24, 2.45) is 0 Å². The summed E-state index contributed by atoms with van der Waals surface area (Å²) in [5.41, 5.74) is 2.14. The minimum Gasteiger partial charge on any atom is -0.693 e. The van der Waals surface area contributed by atoms with Gasteiger partial charge < -0.3 is 6.15 Å². The largest absolute Gasteiger partial charge is 0.693 e. The topological polar surface area (TPSA) is 33.5 Å². The minimum absolute atomic E-state index is 0. The molecule has 0 atom stereocenters. The van der Waals surface area contributed by atoms with Crippen LogP contribution < -0.4 is 0 Å². The van der Waals surface area contributed by atoms with Gasteiger partial charge in [0.15, 0.2) is 0 Å². The Balaban J connectivity index is 0. The molecule has 0 aliphatic carbocycles. The summed E-state index contributed by atoms with van der Waals surface area (Å²) < 4.78 is 0. The van der Waals surface area contributed by atoms with Crippen molar-refractivity contribution in [3.63, 3.8) is 0 Å². The third-order valence-corrected chi connectivity index (χ3v) is 1.69. The van der Waals surface area contributed by atoms with Crippen molar-refractivity contribution in [3.8, 4) is 0 Å². The molecule has 0 heterocycles. The van der Waals surface area contributed by atoms with E-state index in [-0.39, 0.29) is 6.15 Å². The Kier molecular flexibility index (Phi) is 17.6. The summed E-state index contributed by atoms with van der Waals surface area (Å²) in [6.45, 7) is 7.44. The van der Waals surface area contributed by atoms with Crippen molar-refractivity contribution in [1.29, 1.82) is 0 Å². The molecule has 0 radical (unpaired) electrons. The van der Waals surface area contributed by atoms with Gasteiger partial charge >= 0.3 is 49.9 Å². The van der Waals surface area contributed by atoms with Gasteiger partial charge in [0.1, 0.15) is 0 Å². The molecular weight excluding hydrogens is 631 g/mol. The van der Waals surface area contributed by atoms with Crippen LogP contribution in [0.1, 0.15) is 11.1 Å². The van der Waals surface area contributed by atoms with Gasteiger partial charge in [-0.05, 0) is 0 Å². The molecule has 4 heteroatoms. The van der Waals surface area contributed by atoms with Crippen LogP contribution in [0, 0.1) is 13.8 Å². The molecule has 0 aromatic heterocycles. The van der Waals surface area contributed by atoms with Crippen molar-refractivity contribution in [2.45, 2.75) is 0 Å². The molecule has 2 aromatic rings. The van der Waals surface area contributed by atoms with Crippen molar-refractivity contribution in [2.75, 3.05) is 0 Å². The normalized spacial score (nSPS) is 7.89. The molecule has 1 nitrogen and oxygen atoms in total. The van der Waals surface area contributed by atoms with E-state index in [2.05, 4.69) is 52.6 Å². The van der Waals surface area contributed by atoms with Crippen molar-refractivity contribution < 1.29 is 11.2 Å². The van der Waals surface area contributed by atoms with E-state index in [1.165, 1.54) is 0 Å². The van der Waals surface area contributed by atoms with Crippen LogP contribution in [0.2, 0.25) is 0 Å². The van der Waals surface area contributed by atoms with Gasteiger partial charge in [-0.3, -0.25) is 0 Å². The first kappa shape index (κ1) is 20.6. The minimum atomic E-state index is 0. The molecule has 104 valence electrons. The van der Waals surface area contributed by atoms with E-state index in [9.17, 15) is 0 Å². The number of hydrogen-bond donors (Lipinski definition) is 0. The third kappa shape index (κ3) is 14.3. The Bertz CT molecular complexity index is 331. The smallest absolute Gasteiger partial charge is 0.693 e. The van der Waals surface area contributed by atoms with Crippen LogP contribution in [-0.4, -0.2) is 0 Å². The Morgan fingerprint density at radius 2 is 0.889 bits per heavy atom. The predicted octanol–water partition coefficient (Wildman–Crippen LogP) is 6.22. The Hall–Kier alpha value is 0.288. The second kappa shape index (κ2) is 15.3. The zero-order valence-corrected chi connectivity index (χ0v) is 16.4. The van der Waals surface area contributed by atoms with E-state index in [1.54, 1.807) is 0 Å². The van der Waals surface area contributed by atoms with E-state index in [0.29, 0.717) is 11.2 Å². The average Bonchev–Trinajstić information content (AvgIpc) is 2.33. The van der Waals surface area contributed by atoms with Gasteiger partial charge in [-0.2, -0.15) is 49.2 Å². The van der Waals surface area contributed by atoms with Gasteiger partial charge in [0, 0.05) is 0 Å². The molecule has 2 aromatic carbocycles. The molecule has 0 bridgehead atoms. The standard InChI is InChI=1S/2C7H7.2HI.H2N.Pt/c2*1-7-5-3-2-4-6-7;;;;/h2*2-6H,1H2;2*1H;1H2;/q2*-1;;;-1;+2/p-2. The van der Waals surface area contributed by atoms with Crippen LogP contribution >= 0.6 is 38.7 Å². The monoisotopic (exact) mass is 647 g/mol. The summed E-state index contributed by atoms with van der Waals surface area (Å²) in [5, 5.41) is 0. The van der Waals surface area contributed by atoms with Crippen molar-refractivity contribution in [3.05, 3.63) is 91.8 Å². The summed E-state index contributed by atoms with van der Waals surface area (Å²) in [5.74, 6) is 0. The van der Waals surface area contributed by atoms with Crippen LogP contribution in [0.3, 0.4) is 0 Å². The quantitative estimate of drug-likeness (QED) is 0.241. The number of halogens is 2. The average molecular weight is 647 g/mol. The van der Waals surface area contributed by atoms with Crippen molar-refractivity contribution in [1.82, 2.24) is 0 Å². The fourth-order valence-electron chi connectivity index (χ4n) is 0.956. The van der Waals surface area contributed by atoms with Gasteiger partial charge in [-0.1, -0.05) is 12.1 Å². The van der Waals surface area contributed by atoms with Crippen LogP contribution in [0.25, 0.3) is 6.15 Å². The summed E-state index contributed by atoms with van der Waals surface area (Å²) in [6, 6.07) is 19.7. The van der Waals surface area contributed by atoms with E-state index < -0.39 is 0 Å². The van der Waals surface area contributed by atoms with Gasteiger partial charge in [0.25, 0.3) is 0 Å². The van der Waals surface area contributed by atoms with Gasteiger partial charge in [0.2, 0.25) is 0 Å². The maximum absolute atomic E-state index is 3.72. The van der Waals surface area contributed by atoms with E-state index >= 15 is 0 Å². The van der Waals surface area contributed by atoms with Crippen LogP contribution in [0.5, 0.6) is 0 Å². The van der Waals surface area contributed by atoms with Crippen molar-refractivity contribution >= 4 is 38.7 Å².